The summed E-state index contributed by atoms with van der Waals surface area (Å²) in [6.07, 6.45) is 0. The molecule has 1 unspecified atom stereocenters. The molecule has 0 N–H and O–H groups in total. The van der Waals surface area contributed by atoms with Crippen molar-refractivity contribution < 1.29 is 14.3 Å². The van der Waals surface area contributed by atoms with Crippen LogP contribution in [0.15, 0.2) is 0 Å². The van der Waals surface area contributed by atoms with Gasteiger partial charge in [-0.05, 0) is 19.8 Å². The molecule has 0 radical (unpaired) electrons. The van der Waals surface area contributed by atoms with Crippen LogP contribution in [0.4, 0.5) is 0 Å². The van der Waals surface area contributed by atoms with E-state index in [0.29, 0.717) is 13.2 Å². The van der Waals surface area contributed by atoms with Gasteiger partial charge in [-0.25, -0.2) is 0 Å². The Morgan fingerprint density at radius 3 is 2.31 bits per heavy atom. The number of hydrogen-bond donors (Lipinski definition) is 0. The lowest BCUT2D eigenvalue weighted by atomic mass is 9.80. The molecule has 0 aliphatic rings. The molecule has 0 saturated carbocycles. The van der Waals surface area contributed by atoms with Gasteiger partial charge in [0.2, 0.25) is 0 Å². The Morgan fingerprint density at radius 2 is 2.00 bits per heavy atom. The Bertz CT molecular complexity index is 166. The minimum absolute atomic E-state index is 0.198. The van der Waals surface area contributed by atoms with Crippen LogP contribution in [-0.4, -0.2) is 26.3 Å². The number of ether oxygens (including phenoxy) is 2. The van der Waals surface area contributed by atoms with Gasteiger partial charge in [-0.1, -0.05) is 13.8 Å². The zero-order valence-electron chi connectivity index (χ0n) is 9.22. The van der Waals surface area contributed by atoms with Crippen LogP contribution in [0.1, 0.15) is 27.7 Å². The van der Waals surface area contributed by atoms with Crippen molar-refractivity contribution in [3.05, 3.63) is 0 Å². The number of methoxy groups -OCH3 is 1. The minimum Gasteiger partial charge on any atom is -0.469 e. The van der Waals surface area contributed by atoms with E-state index < -0.39 is 5.41 Å². The lowest BCUT2D eigenvalue weighted by Gasteiger charge is -2.30. The van der Waals surface area contributed by atoms with Crippen LogP contribution >= 0.6 is 0 Å². The third-order valence-electron chi connectivity index (χ3n) is 2.53. The van der Waals surface area contributed by atoms with Crippen molar-refractivity contribution in [3.63, 3.8) is 0 Å². The Kier molecular flexibility index (Phi) is 4.99. The fourth-order valence-electron chi connectivity index (χ4n) is 1.01. The van der Waals surface area contributed by atoms with Crippen LogP contribution in [0.5, 0.6) is 0 Å². The second-order valence-electron chi connectivity index (χ2n) is 3.70. The molecule has 13 heavy (non-hydrogen) atoms. The normalized spacial score (nSPS) is 15.5. The first kappa shape index (κ1) is 12.4. The Labute approximate surface area is 80.4 Å². The molecule has 0 aromatic rings. The van der Waals surface area contributed by atoms with Crippen molar-refractivity contribution >= 4 is 5.97 Å². The standard InChI is InChI=1S/C10H20O3/c1-6-13-7-10(4,8(2)3)9(11)12-5/h8H,6-7H2,1-5H3. The third kappa shape index (κ3) is 2.99. The molecule has 0 aromatic heterocycles. The Balaban J connectivity index is 4.43. The molecule has 3 heteroatoms. The molecule has 0 saturated heterocycles. The van der Waals surface area contributed by atoms with Crippen molar-refractivity contribution in [3.8, 4) is 0 Å². The van der Waals surface area contributed by atoms with E-state index in [9.17, 15) is 4.79 Å². The summed E-state index contributed by atoms with van der Waals surface area (Å²) in [5, 5.41) is 0. The molecular weight excluding hydrogens is 168 g/mol. The number of hydrogen-bond acceptors (Lipinski definition) is 3. The molecule has 0 aromatic carbocycles. The maximum Gasteiger partial charge on any atom is 0.314 e. The fourth-order valence-corrected chi connectivity index (χ4v) is 1.01. The summed E-state index contributed by atoms with van der Waals surface area (Å²) >= 11 is 0. The quantitative estimate of drug-likeness (QED) is 0.618. The largest absolute Gasteiger partial charge is 0.469 e. The van der Waals surface area contributed by atoms with Gasteiger partial charge in [-0.3, -0.25) is 4.79 Å². The average Bonchev–Trinajstić information content (AvgIpc) is 2.12. The molecule has 0 heterocycles. The van der Waals surface area contributed by atoms with Gasteiger partial charge in [0, 0.05) is 6.61 Å². The summed E-state index contributed by atoms with van der Waals surface area (Å²) in [5.74, 6) is 0.0162. The van der Waals surface area contributed by atoms with Gasteiger partial charge in [-0.15, -0.1) is 0 Å². The lowest BCUT2D eigenvalue weighted by molar-refractivity contribution is -0.158. The maximum absolute atomic E-state index is 11.5. The highest BCUT2D eigenvalue weighted by atomic mass is 16.5. The molecule has 0 spiro atoms. The first-order valence-corrected chi connectivity index (χ1v) is 4.65. The summed E-state index contributed by atoms with van der Waals surface area (Å²) < 4.78 is 10.0. The Morgan fingerprint density at radius 1 is 1.46 bits per heavy atom. The molecule has 0 fully saturated rings. The highest BCUT2D eigenvalue weighted by molar-refractivity contribution is 5.76. The van der Waals surface area contributed by atoms with Crippen LogP contribution in [0.3, 0.4) is 0 Å². The number of rotatable bonds is 5. The van der Waals surface area contributed by atoms with E-state index in [2.05, 4.69) is 0 Å². The molecule has 0 aliphatic heterocycles. The van der Waals surface area contributed by atoms with Gasteiger partial charge in [0.05, 0.1) is 19.1 Å². The van der Waals surface area contributed by atoms with Gasteiger partial charge in [-0.2, -0.15) is 0 Å². The summed E-state index contributed by atoms with van der Waals surface area (Å²) in [5.41, 5.74) is -0.523. The highest BCUT2D eigenvalue weighted by Crippen LogP contribution is 2.28. The van der Waals surface area contributed by atoms with Crippen molar-refractivity contribution in [1.29, 1.82) is 0 Å². The van der Waals surface area contributed by atoms with Crippen LogP contribution in [0.2, 0.25) is 0 Å². The topological polar surface area (TPSA) is 35.5 Å². The number of carbonyl (C=O) groups is 1. The van der Waals surface area contributed by atoms with Crippen molar-refractivity contribution in [2.75, 3.05) is 20.3 Å². The predicted molar refractivity (Wildman–Crippen MR) is 51.5 cm³/mol. The first-order valence-electron chi connectivity index (χ1n) is 4.65. The van der Waals surface area contributed by atoms with Gasteiger partial charge >= 0.3 is 5.97 Å². The predicted octanol–water partition coefficient (Wildman–Crippen LogP) is 1.86. The Hall–Kier alpha value is -0.570. The lowest BCUT2D eigenvalue weighted by Crippen LogP contribution is -2.38. The van der Waals surface area contributed by atoms with E-state index in [4.69, 9.17) is 9.47 Å². The van der Waals surface area contributed by atoms with Gasteiger partial charge in [0.15, 0.2) is 0 Å². The molecule has 0 amide bonds. The van der Waals surface area contributed by atoms with Crippen LogP contribution in [-0.2, 0) is 14.3 Å². The number of carbonyl (C=O) groups excluding carboxylic acids is 1. The van der Waals surface area contributed by atoms with E-state index in [1.165, 1.54) is 7.11 Å². The molecule has 3 nitrogen and oxygen atoms in total. The van der Waals surface area contributed by atoms with Crippen molar-refractivity contribution in [1.82, 2.24) is 0 Å². The monoisotopic (exact) mass is 188 g/mol. The number of esters is 1. The molecule has 78 valence electrons. The molecule has 0 bridgehead atoms. The molecule has 0 aliphatic carbocycles. The van der Waals surface area contributed by atoms with Crippen molar-refractivity contribution in [2.45, 2.75) is 27.7 Å². The van der Waals surface area contributed by atoms with E-state index in [1.807, 2.05) is 27.7 Å². The zero-order chi connectivity index (χ0) is 10.5. The van der Waals surface area contributed by atoms with Crippen LogP contribution in [0, 0.1) is 11.3 Å². The minimum atomic E-state index is -0.523. The van der Waals surface area contributed by atoms with Gasteiger partial charge in [0.1, 0.15) is 0 Å². The average molecular weight is 188 g/mol. The van der Waals surface area contributed by atoms with E-state index in [0.717, 1.165) is 0 Å². The summed E-state index contributed by atoms with van der Waals surface area (Å²) in [7, 11) is 1.41. The second-order valence-corrected chi connectivity index (χ2v) is 3.70. The first-order chi connectivity index (χ1) is 5.99. The maximum atomic E-state index is 11.5. The van der Waals surface area contributed by atoms with Crippen molar-refractivity contribution in [2.24, 2.45) is 11.3 Å². The van der Waals surface area contributed by atoms with Gasteiger partial charge in [0.25, 0.3) is 0 Å². The van der Waals surface area contributed by atoms with Crippen LogP contribution < -0.4 is 0 Å². The van der Waals surface area contributed by atoms with Gasteiger partial charge < -0.3 is 9.47 Å². The second kappa shape index (κ2) is 5.22. The smallest absolute Gasteiger partial charge is 0.314 e. The molecule has 0 rings (SSSR count). The molecular formula is C10H20O3. The summed E-state index contributed by atoms with van der Waals surface area (Å²) in [6.45, 7) is 8.83. The summed E-state index contributed by atoms with van der Waals surface area (Å²) in [6, 6.07) is 0. The molecule has 1 atom stereocenters. The van der Waals surface area contributed by atoms with Crippen LogP contribution in [0.25, 0.3) is 0 Å². The fraction of sp³-hybridized carbons (Fsp3) is 0.900. The van der Waals surface area contributed by atoms with E-state index in [1.54, 1.807) is 0 Å². The third-order valence-corrected chi connectivity index (χ3v) is 2.53. The van der Waals surface area contributed by atoms with E-state index in [-0.39, 0.29) is 11.9 Å². The summed E-state index contributed by atoms with van der Waals surface area (Å²) in [4.78, 5) is 11.5. The SMILES string of the molecule is CCOCC(C)(C(=O)OC)C(C)C. The highest BCUT2D eigenvalue weighted by Gasteiger charge is 2.37. The van der Waals surface area contributed by atoms with E-state index >= 15 is 0 Å². The zero-order valence-corrected chi connectivity index (χ0v) is 9.22.